The third-order valence-corrected chi connectivity index (χ3v) is 4.81. The Morgan fingerprint density at radius 3 is 1.62 bits per heavy atom. The van der Waals surface area contributed by atoms with Gasteiger partial charge in [0.15, 0.2) is 6.10 Å². The van der Waals surface area contributed by atoms with Crippen LogP contribution in [-0.2, 0) is 23.8 Å². The summed E-state index contributed by atoms with van der Waals surface area (Å²) in [5, 5.41) is 0. The van der Waals surface area contributed by atoms with Crippen molar-refractivity contribution in [3.8, 4) is 0 Å². The summed E-state index contributed by atoms with van der Waals surface area (Å²) < 4.78 is 15.6. The second-order valence-electron chi connectivity index (χ2n) is 8.62. The van der Waals surface area contributed by atoms with Gasteiger partial charge in [-0.05, 0) is 73.1 Å². The summed E-state index contributed by atoms with van der Waals surface area (Å²) in [6.07, 6.45) is 14.9. The molecule has 5 nitrogen and oxygen atoms in total. The summed E-state index contributed by atoms with van der Waals surface area (Å²) >= 11 is 0. The Morgan fingerprint density at radius 1 is 0.656 bits per heavy atom. The van der Waals surface area contributed by atoms with Crippen molar-refractivity contribution in [2.45, 2.75) is 93.1 Å². The Bertz CT molecular complexity index is 678. The van der Waals surface area contributed by atoms with Gasteiger partial charge in [0, 0.05) is 13.8 Å². The zero-order chi connectivity index (χ0) is 24.4. The van der Waals surface area contributed by atoms with E-state index < -0.39 is 18.0 Å². The molecule has 0 saturated carbocycles. The molecule has 0 aliphatic carbocycles. The fourth-order valence-corrected chi connectivity index (χ4v) is 2.95. The van der Waals surface area contributed by atoms with Crippen molar-refractivity contribution >= 4 is 11.9 Å². The van der Waals surface area contributed by atoms with Crippen molar-refractivity contribution < 1.29 is 23.8 Å². The molecule has 0 aromatic carbocycles. The number of rotatable bonds is 16. The van der Waals surface area contributed by atoms with Gasteiger partial charge in [-0.2, -0.15) is 0 Å². The van der Waals surface area contributed by atoms with Crippen LogP contribution in [0, 0.1) is 0 Å². The van der Waals surface area contributed by atoms with E-state index in [1.54, 1.807) is 0 Å². The molecular formula is C27H44O5. The molecule has 0 saturated heterocycles. The summed E-state index contributed by atoms with van der Waals surface area (Å²) in [5.74, 6) is -0.833. The molecule has 1 atom stereocenters. The number of hydrogen-bond acceptors (Lipinski definition) is 5. The Kier molecular flexibility index (Phi) is 17.2. The van der Waals surface area contributed by atoms with Crippen LogP contribution in [-0.4, -0.2) is 37.9 Å². The van der Waals surface area contributed by atoms with E-state index in [0.29, 0.717) is 6.61 Å². The van der Waals surface area contributed by atoms with E-state index in [1.807, 2.05) is 6.08 Å². The molecule has 0 aliphatic rings. The second kappa shape index (κ2) is 18.4. The van der Waals surface area contributed by atoms with Crippen molar-refractivity contribution in [2.75, 3.05) is 19.8 Å². The number of ether oxygens (including phenoxy) is 3. The lowest BCUT2D eigenvalue weighted by atomic mass is 10.0. The normalized spacial score (nSPS) is 13.5. The van der Waals surface area contributed by atoms with Gasteiger partial charge in [-0.25, -0.2) is 0 Å². The van der Waals surface area contributed by atoms with E-state index in [-0.39, 0.29) is 13.2 Å². The minimum absolute atomic E-state index is 0.00581. The van der Waals surface area contributed by atoms with E-state index >= 15 is 0 Å². The van der Waals surface area contributed by atoms with Crippen LogP contribution in [0.4, 0.5) is 0 Å². The highest BCUT2D eigenvalue weighted by atomic mass is 16.6. The highest BCUT2D eigenvalue weighted by Crippen LogP contribution is 2.13. The molecular weight excluding hydrogens is 404 g/mol. The summed E-state index contributed by atoms with van der Waals surface area (Å²) in [6.45, 7) is 14.1. The van der Waals surface area contributed by atoms with Gasteiger partial charge < -0.3 is 14.2 Å². The highest BCUT2D eigenvalue weighted by molar-refractivity contribution is 5.67. The Morgan fingerprint density at radius 2 is 1.16 bits per heavy atom. The molecule has 5 heteroatoms. The van der Waals surface area contributed by atoms with E-state index in [4.69, 9.17) is 14.2 Å². The summed E-state index contributed by atoms with van der Waals surface area (Å²) in [4.78, 5) is 22.1. The average molecular weight is 449 g/mol. The lowest BCUT2D eigenvalue weighted by Crippen LogP contribution is -2.28. The first-order valence-corrected chi connectivity index (χ1v) is 11.6. The van der Waals surface area contributed by atoms with Gasteiger partial charge in [0.1, 0.15) is 6.61 Å². The van der Waals surface area contributed by atoms with Crippen molar-refractivity contribution in [1.82, 2.24) is 0 Å². The number of carbonyl (C=O) groups is 2. The van der Waals surface area contributed by atoms with E-state index in [0.717, 1.165) is 38.5 Å². The summed E-state index contributed by atoms with van der Waals surface area (Å²) in [7, 11) is 0. The monoisotopic (exact) mass is 448 g/mol. The molecule has 0 spiro atoms. The summed E-state index contributed by atoms with van der Waals surface area (Å²) in [5.41, 5.74) is 5.54. The van der Waals surface area contributed by atoms with Gasteiger partial charge >= 0.3 is 11.9 Å². The van der Waals surface area contributed by atoms with Crippen LogP contribution in [0.1, 0.15) is 87.0 Å². The second-order valence-corrected chi connectivity index (χ2v) is 8.62. The molecule has 0 aromatic rings. The third kappa shape index (κ3) is 19.8. The van der Waals surface area contributed by atoms with Crippen LogP contribution < -0.4 is 0 Å². The van der Waals surface area contributed by atoms with Crippen LogP contribution in [0.3, 0.4) is 0 Å². The fraction of sp³-hybridized carbons (Fsp3) is 0.630. The SMILES string of the molecule is CC(=O)OCC(COCC=C(C)CCC=C(C)CCC=C(C)CCC=C(C)C)OC(C)=O. The van der Waals surface area contributed by atoms with Crippen LogP contribution >= 0.6 is 0 Å². The molecule has 32 heavy (non-hydrogen) atoms. The Balaban J connectivity index is 4.17. The van der Waals surface area contributed by atoms with E-state index in [1.165, 1.54) is 36.1 Å². The maximum Gasteiger partial charge on any atom is 0.303 e. The van der Waals surface area contributed by atoms with Gasteiger partial charge in [-0.1, -0.05) is 46.6 Å². The van der Waals surface area contributed by atoms with Gasteiger partial charge in [-0.3, -0.25) is 9.59 Å². The molecule has 0 aliphatic heterocycles. The smallest absolute Gasteiger partial charge is 0.303 e. The van der Waals surface area contributed by atoms with Crippen molar-refractivity contribution in [3.63, 3.8) is 0 Å². The largest absolute Gasteiger partial charge is 0.462 e. The molecule has 0 bridgehead atoms. The van der Waals surface area contributed by atoms with Gasteiger partial charge in [0.05, 0.1) is 13.2 Å². The van der Waals surface area contributed by atoms with Gasteiger partial charge in [0.25, 0.3) is 0 Å². The first kappa shape index (κ1) is 29.9. The molecule has 1 unspecified atom stereocenters. The van der Waals surface area contributed by atoms with Crippen molar-refractivity contribution in [2.24, 2.45) is 0 Å². The molecule has 0 amide bonds. The van der Waals surface area contributed by atoms with E-state index in [9.17, 15) is 9.59 Å². The van der Waals surface area contributed by atoms with Gasteiger partial charge in [0.2, 0.25) is 0 Å². The lowest BCUT2D eigenvalue weighted by Gasteiger charge is -2.16. The molecule has 0 rings (SSSR count). The zero-order valence-electron chi connectivity index (χ0n) is 21.3. The number of allylic oxidation sites excluding steroid dienone is 7. The Hall–Kier alpha value is -2.14. The first-order valence-electron chi connectivity index (χ1n) is 11.6. The predicted molar refractivity (Wildman–Crippen MR) is 131 cm³/mol. The molecule has 182 valence electrons. The number of carbonyl (C=O) groups excluding carboxylic acids is 2. The van der Waals surface area contributed by atoms with E-state index in [2.05, 4.69) is 52.8 Å². The number of esters is 2. The van der Waals surface area contributed by atoms with Gasteiger partial charge in [-0.15, -0.1) is 0 Å². The van der Waals surface area contributed by atoms with Crippen LogP contribution in [0.5, 0.6) is 0 Å². The molecule has 0 N–H and O–H groups in total. The van der Waals surface area contributed by atoms with Crippen LogP contribution in [0.15, 0.2) is 46.6 Å². The topological polar surface area (TPSA) is 61.8 Å². The number of hydrogen-bond donors (Lipinski definition) is 0. The summed E-state index contributed by atoms with van der Waals surface area (Å²) in [6, 6.07) is 0. The molecule has 0 fully saturated rings. The molecule has 0 radical (unpaired) electrons. The third-order valence-electron chi connectivity index (χ3n) is 4.81. The standard InChI is InChI=1S/C27H44O5/c1-21(2)11-8-12-22(3)13-9-14-23(4)15-10-16-24(5)17-18-30-19-27(32-26(7)29)20-31-25(6)28/h11,13,15,17,27H,8-10,12,14,16,18-20H2,1-7H3. The minimum atomic E-state index is -0.583. The maximum atomic E-state index is 11.1. The first-order chi connectivity index (χ1) is 15.1. The predicted octanol–water partition coefficient (Wildman–Crippen LogP) is 6.64. The zero-order valence-corrected chi connectivity index (χ0v) is 21.3. The van der Waals surface area contributed by atoms with Crippen molar-refractivity contribution in [3.05, 3.63) is 46.6 Å². The fourth-order valence-electron chi connectivity index (χ4n) is 2.95. The quantitative estimate of drug-likeness (QED) is 0.150. The van der Waals surface area contributed by atoms with Crippen LogP contribution in [0.2, 0.25) is 0 Å². The average Bonchev–Trinajstić information content (AvgIpc) is 2.68. The van der Waals surface area contributed by atoms with Crippen LogP contribution in [0.25, 0.3) is 0 Å². The Labute approximate surface area is 195 Å². The lowest BCUT2D eigenvalue weighted by molar-refractivity contribution is -0.159. The molecule has 0 heterocycles. The highest BCUT2D eigenvalue weighted by Gasteiger charge is 2.14. The minimum Gasteiger partial charge on any atom is -0.462 e. The van der Waals surface area contributed by atoms with Crippen molar-refractivity contribution in [1.29, 1.82) is 0 Å². The molecule has 0 aromatic heterocycles. The maximum absolute atomic E-state index is 11.1.